The smallest absolute Gasteiger partial charge is 0.247 e. The van der Waals surface area contributed by atoms with Gasteiger partial charge in [0.15, 0.2) is 0 Å². The zero-order valence-corrected chi connectivity index (χ0v) is 8.03. The van der Waals surface area contributed by atoms with Gasteiger partial charge in [0.05, 0.1) is 11.0 Å². The molecule has 13 heavy (non-hydrogen) atoms. The molecular weight excluding hydrogens is 170 g/mol. The van der Waals surface area contributed by atoms with Crippen molar-refractivity contribution in [2.24, 2.45) is 5.92 Å². The fourth-order valence-corrected chi connectivity index (χ4v) is 1.39. The molecule has 0 aromatic carbocycles. The molecule has 1 aliphatic rings. The van der Waals surface area contributed by atoms with E-state index in [1.54, 1.807) is 6.08 Å². The van der Waals surface area contributed by atoms with E-state index in [-0.39, 0.29) is 22.6 Å². The van der Waals surface area contributed by atoms with Gasteiger partial charge >= 0.3 is 0 Å². The second-order valence-corrected chi connectivity index (χ2v) is 3.55. The Morgan fingerprint density at radius 1 is 1.69 bits per heavy atom. The van der Waals surface area contributed by atoms with E-state index in [9.17, 15) is 10.1 Å². The third-order valence-electron chi connectivity index (χ3n) is 2.12. The van der Waals surface area contributed by atoms with Crippen molar-refractivity contribution in [1.29, 1.82) is 0 Å². The first-order chi connectivity index (χ1) is 6.11. The van der Waals surface area contributed by atoms with Crippen molar-refractivity contribution in [2.45, 2.75) is 32.8 Å². The molecule has 1 heterocycles. The van der Waals surface area contributed by atoms with Crippen LogP contribution in [0.2, 0.25) is 0 Å². The molecule has 1 saturated heterocycles. The summed E-state index contributed by atoms with van der Waals surface area (Å²) in [4.78, 5) is 10.3. The van der Waals surface area contributed by atoms with Crippen molar-refractivity contribution >= 4 is 0 Å². The minimum Gasteiger partial charge on any atom is -0.374 e. The van der Waals surface area contributed by atoms with Crippen LogP contribution in [0, 0.1) is 16.0 Å². The lowest BCUT2D eigenvalue weighted by Gasteiger charge is -2.05. The topological polar surface area (TPSA) is 52.4 Å². The molecule has 0 bridgehead atoms. The Bertz CT molecular complexity index is 217. The van der Waals surface area contributed by atoms with Gasteiger partial charge in [-0.3, -0.25) is 10.1 Å². The maximum Gasteiger partial charge on any atom is 0.247 e. The number of allylic oxidation sites excluding steroid dienone is 1. The second-order valence-electron chi connectivity index (χ2n) is 3.55. The van der Waals surface area contributed by atoms with Gasteiger partial charge in [-0.2, -0.15) is 0 Å². The lowest BCUT2D eigenvalue weighted by atomic mass is 10.1. The van der Waals surface area contributed by atoms with Crippen LogP contribution in [0.4, 0.5) is 0 Å². The highest BCUT2D eigenvalue weighted by Crippen LogP contribution is 2.18. The molecule has 1 atom stereocenters. The second kappa shape index (κ2) is 4.37. The van der Waals surface area contributed by atoms with Crippen LogP contribution in [-0.4, -0.2) is 17.6 Å². The molecule has 0 aromatic heterocycles. The van der Waals surface area contributed by atoms with Gasteiger partial charge in [-0.05, 0) is 12.8 Å². The highest BCUT2D eigenvalue weighted by Gasteiger charge is 2.21. The molecule has 0 N–H and O–H groups in total. The number of hydrogen-bond acceptors (Lipinski definition) is 3. The Balaban J connectivity index is 2.67. The zero-order chi connectivity index (χ0) is 9.84. The Labute approximate surface area is 77.7 Å². The molecule has 0 aliphatic carbocycles. The molecule has 0 aromatic rings. The van der Waals surface area contributed by atoms with Crippen LogP contribution in [0.15, 0.2) is 11.8 Å². The third kappa shape index (κ3) is 2.81. The van der Waals surface area contributed by atoms with E-state index in [1.807, 2.05) is 13.8 Å². The van der Waals surface area contributed by atoms with Crippen molar-refractivity contribution in [3.8, 4) is 0 Å². The molecule has 4 nitrogen and oxygen atoms in total. The van der Waals surface area contributed by atoms with E-state index in [2.05, 4.69) is 0 Å². The number of nitrogens with zero attached hydrogens (tertiary/aromatic N) is 1. The van der Waals surface area contributed by atoms with Gasteiger partial charge in [0.25, 0.3) is 0 Å². The maximum atomic E-state index is 10.6. The first kappa shape index (κ1) is 10.2. The maximum absolute atomic E-state index is 10.6. The van der Waals surface area contributed by atoms with Crippen LogP contribution < -0.4 is 0 Å². The molecule has 0 amide bonds. The van der Waals surface area contributed by atoms with Crippen molar-refractivity contribution in [1.82, 2.24) is 0 Å². The molecule has 1 unspecified atom stereocenters. The average Bonchev–Trinajstić information content (AvgIpc) is 2.50. The Morgan fingerprint density at radius 3 is 2.77 bits per heavy atom. The van der Waals surface area contributed by atoms with E-state index >= 15 is 0 Å². The molecule has 1 aliphatic heterocycles. The van der Waals surface area contributed by atoms with Crippen molar-refractivity contribution in [3.63, 3.8) is 0 Å². The van der Waals surface area contributed by atoms with Gasteiger partial charge < -0.3 is 4.74 Å². The van der Waals surface area contributed by atoms with Crippen LogP contribution in [0.25, 0.3) is 0 Å². The average molecular weight is 185 g/mol. The predicted octanol–water partition coefficient (Wildman–Crippen LogP) is 1.98. The summed E-state index contributed by atoms with van der Waals surface area (Å²) in [6, 6.07) is 0. The largest absolute Gasteiger partial charge is 0.374 e. The zero-order valence-electron chi connectivity index (χ0n) is 8.03. The summed E-state index contributed by atoms with van der Waals surface area (Å²) >= 11 is 0. The first-order valence-corrected chi connectivity index (χ1v) is 4.59. The summed E-state index contributed by atoms with van der Waals surface area (Å²) < 4.78 is 5.30. The van der Waals surface area contributed by atoms with E-state index in [0.29, 0.717) is 0 Å². The van der Waals surface area contributed by atoms with Gasteiger partial charge in [0.1, 0.15) is 0 Å². The quantitative estimate of drug-likeness (QED) is 0.499. The summed E-state index contributed by atoms with van der Waals surface area (Å²) in [5.41, 5.74) is 0.270. The highest BCUT2D eigenvalue weighted by atomic mass is 16.6. The van der Waals surface area contributed by atoms with Crippen LogP contribution in [0.5, 0.6) is 0 Å². The van der Waals surface area contributed by atoms with Crippen LogP contribution in [0.3, 0.4) is 0 Å². The molecule has 1 fully saturated rings. The van der Waals surface area contributed by atoms with Crippen LogP contribution in [0.1, 0.15) is 26.7 Å². The van der Waals surface area contributed by atoms with Crippen LogP contribution in [-0.2, 0) is 4.74 Å². The van der Waals surface area contributed by atoms with Gasteiger partial charge in [-0.15, -0.1) is 0 Å². The van der Waals surface area contributed by atoms with Gasteiger partial charge in [-0.1, -0.05) is 13.8 Å². The molecule has 4 heteroatoms. The summed E-state index contributed by atoms with van der Waals surface area (Å²) in [5.74, 6) is -0.0424. The minimum atomic E-state index is -0.313. The highest BCUT2D eigenvalue weighted by molar-refractivity contribution is 5.00. The number of hydrogen-bond donors (Lipinski definition) is 0. The van der Waals surface area contributed by atoms with E-state index in [4.69, 9.17) is 4.74 Å². The molecule has 0 saturated carbocycles. The monoisotopic (exact) mass is 185 g/mol. The summed E-state index contributed by atoms with van der Waals surface area (Å²) in [5, 5.41) is 10.6. The molecule has 0 radical (unpaired) electrons. The number of nitro groups is 1. The lowest BCUT2D eigenvalue weighted by molar-refractivity contribution is -0.433. The Kier molecular flexibility index (Phi) is 3.42. The van der Waals surface area contributed by atoms with Gasteiger partial charge in [0.2, 0.25) is 5.70 Å². The SMILES string of the molecule is CC(C)C(=CC1CCCO1)[N+](=O)[O-]. The summed E-state index contributed by atoms with van der Waals surface area (Å²) in [6.07, 6.45) is 3.52. The predicted molar refractivity (Wildman–Crippen MR) is 48.9 cm³/mol. The van der Waals surface area contributed by atoms with Gasteiger partial charge in [-0.25, -0.2) is 0 Å². The van der Waals surface area contributed by atoms with Gasteiger partial charge in [0, 0.05) is 18.6 Å². The Morgan fingerprint density at radius 2 is 2.38 bits per heavy atom. The number of rotatable bonds is 3. The van der Waals surface area contributed by atoms with Crippen molar-refractivity contribution < 1.29 is 9.66 Å². The molecule has 1 rings (SSSR count). The van der Waals surface area contributed by atoms with E-state index in [1.165, 1.54) is 0 Å². The third-order valence-corrected chi connectivity index (χ3v) is 2.12. The molecular formula is C9H15NO3. The lowest BCUT2D eigenvalue weighted by Crippen LogP contribution is -2.11. The fourth-order valence-electron chi connectivity index (χ4n) is 1.39. The van der Waals surface area contributed by atoms with Crippen LogP contribution >= 0.6 is 0 Å². The fraction of sp³-hybridized carbons (Fsp3) is 0.778. The van der Waals surface area contributed by atoms with Crippen molar-refractivity contribution in [3.05, 3.63) is 21.9 Å². The van der Waals surface area contributed by atoms with E-state index < -0.39 is 0 Å². The Hall–Kier alpha value is -0.900. The van der Waals surface area contributed by atoms with E-state index in [0.717, 1.165) is 19.4 Å². The standard InChI is InChI=1S/C9H15NO3/c1-7(2)9(10(11)12)6-8-4-3-5-13-8/h6-8H,3-5H2,1-2H3. The molecule has 74 valence electrons. The molecule has 0 spiro atoms. The summed E-state index contributed by atoms with van der Waals surface area (Å²) in [7, 11) is 0. The van der Waals surface area contributed by atoms with Crippen molar-refractivity contribution in [2.75, 3.05) is 6.61 Å². The first-order valence-electron chi connectivity index (χ1n) is 4.59. The normalized spacial score (nSPS) is 23.9. The summed E-state index contributed by atoms with van der Waals surface area (Å²) in [6.45, 7) is 4.37. The minimum absolute atomic E-state index is 0.0391. The number of ether oxygens (including phenoxy) is 1.